The average Bonchev–Trinajstić information content (AvgIpc) is 1.86. The third kappa shape index (κ3) is 2.42. The molecule has 0 aliphatic carbocycles. The number of nitrogens with one attached hydrogen (secondary N) is 2. The van der Waals surface area contributed by atoms with Crippen LogP contribution in [0.2, 0.25) is 0 Å². The first-order valence-electron chi connectivity index (χ1n) is 1.86. The fraction of sp³-hybridized carbons (Fsp3) is 0.667. The molecule has 1 heterocycles. The van der Waals surface area contributed by atoms with Gasteiger partial charge in [-0.05, 0) is 0 Å². The van der Waals surface area contributed by atoms with E-state index in [-0.39, 0.29) is 12.4 Å². The van der Waals surface area contributed by atoms with Gasteiger partial charge in [-0.25, -0.2) is 0 Å². The van der Waals surface area contributed by atoms with Crippen LogP contribution in [0.1, 0.15) is 0 Å². The Labute approximate surface area is 56.8 Å². The molecule has 0 atom stereocenters. The first-order valence-corrected chi connectivity index (χ1v) is 2.33. The number of halogens is 1. The molecule has 4 heteroatoms. The van der Waals surface area contributed by atoms with Crippen molar-refractivity contribution in [3.63, 3.8) is 0 Å². The number of hydrogen-bond donors (Lipinski definition) is 2. The molecule has 0 unspecified atom stereocenters. The van der Waals surface area contributed by atoms with Crippen molar-refractivity contribution in [2.45, 2.75) is 0 Å². The molecule has 0 aromatic carbocycles. The van der Waals surface area contributed by atoms with Crippen LogP contribution in [-0.4, -0.2) is 17.8 Å². The summed E-state index contributed by atoms with van der Waals surface area (Å²) in [5, 5.41) is 5.86. The van der Waals surface area contributed by atoms with Crippen LogP contribution in [-0.2, 0) is 15.6 Å². The van der Waals surface area contributed by atoms with E-state index in [1.807, 2.05) is 0 Å². The summed E-state index contributed by atoms with van der Waals surface area (Å²) in [6, 6.07) is 0. The van der Waals surface area contributed by atoms with Crippen molar-refractivity contribution in [2.75, 3.05) is 13.1 Å². The average molecular weight is 170 g/mol. The van der Waals surface area contributed by atoms with Crippen molar-refractivity contribution in [1.82, 2.24) is 10.6 Å². The standard InChI is InChI=1S/C3H6N2.ClH.Cu/c1-2-5-3-4-1;;/h4-5H,1-2H2;1H;. The number of rotatable bonds is 0. The van der Waals surface area contributed by atoms with E-state index in [0.29, 0.717) is 0 Å². The molecule has 1 fully saturated rings. The minimum atomic E-state index is 0. The molecule has 2 nitrogen and oxygen atoms in total. The molecule has 47 valence electrons. The fourth-order valence-corrected chi connectivity index (χ4v) is 0.623. The van der Waals surface area contributed by atoms with Crippen LogP contribution in [0.5, 0.6) is 0 Å². The topological polar surface area (TPSA) is 24.1 Å². The Balaban J connectivity index is 0.000000360. The summed E-state index contributed by atoms with van der Waals surface area (Å²) < 4.78 is 0.766. The molecular formula is C3H7ClCuN2. The summed E-state index contributed by atoms with van der Waals surface area (Å²) in [4.78, 5) is 0. The van der Waals surface area contributed by atoms with Crippen molar-refractivity contribution >= 4 is 17.1 Å². The second kappa shape index (κ2) is 3.58. The third-order valence-corrected chi connectivity index (χ3v) is 0.991. The second-order valence-corrected chi connectivity index (χ2v) is 1.60. The van der Waals surface area contributed by atoms with Gasteiger partial charge in [0.2, 0.25) is 0 Å². The summed E-state index contributed by atoms with van der Waals surface area (Å²) in [5.74, 6) is 0. The number of hydrogen-bond acceptors (Lipinski definition) is 2. The second-order valence-electron chi connectivity index (χ2n) is 1.13. The van der Waals surface area contributed by atoms with Crippen molar-refractivity contribution in [3.8, 4) is 0 Å². The van der Waals surface area contributed by atoms with Crippen molar-refractivity contribution in [3.05, 3.63) is 0 Å². The summed E-state index contributed by atoms with van der Waals surface area (Å²) in [7, 11) is 0. The zero-order valence-electron chi connectivity index (χ0n) is 3.62. The van der Waals surface area contributed by atoms with Crippen LogP contribution in [0, 0.1) is 0 Å². The third-order valence-electron chi connectivity index (χ3n) is 0.658. The van der Waals surface area contributed by atoms with Gasteiger partial charge < -0.3 is 0 Å². The first-order chi connectivity index (χ1) is 2.89. The minimum absolute atomic E-state index is 0. The van der Waals surface area contributed by atoms with E-state index in [1.165, 1.54) is 0 Å². The fourth-order valence-electron chi connectivity index (χ4n) is 0.388. The Morgan fingerprint density at radius 1 is 1.29 bits per heavy atom. The molecule has 1 aliphatic rings. The predicted molar refractivity (Wildman–Crippen MR) is 28.3 cm³/mol. The molecule has 0 spiro atoms. The molecule has 7 heavy (non-hydrogen) atoms. The Bertz CT molecular complexity index is 67.3. The molecule has 0 aromatic rings. The maximum absolute atomic E-state index is 4.83. The molecule has 0 aromatic heterocycles. The predicted octanol–water partition coefficient (Wildman–Crippen LogP) is -0.765. The molecule has 0 saturated carbocycles. The van der Waals surface area contributed by atoms with Gasteiger partial charge in [0.1, 0.15) is 0 Å². The maximum atomic E-state index is 4.83. The molecule has 1 rings (SSSR count). The van der Waals surface area contributed by atoms with E-state index in [0.717, 1.165) is 17.8 Å². The SMILES string of the molecule is Cl.[Cu]=[C]1NCCN1. The first kappa shape index (κ1) is 7.60. The summed E-state index contributed by atoms with van der Waals surface area (Å²) in [6.07, 6.45) is 0. The molecule has 0 radical (unpaired) electrons. The van der Waals surface area contributed by atoms with Crippen molar-refractivity contribution in [1.29, 1.82) is 0 Å². The zero-order valence-corrected chi connectivity index (χ0v) is 5.38. The Morgan fingerprint density at radius 2 is 1.71 bits per heavy atom. The Morgan fingerprint density at radius 3 is 1.86 bits per heavy atom. The van der Waals surface area contributed by atoms with Crippen LogP contribution >= 0.6 is 12.4 Å². The van der Waals surface area contributed by atoms with Crippen LogP contribution < -0.4 is 10.6 Å². The normalized spacial score (nSPS) is 19.4. The quantitative estimate of drug-likeness (QED) is 0.467. The van der Waals surface area contributed by atoms with Gasteiger partial charge in [0, 0.05) is 0 Å². The summed E-state index contributed by atoms with van der Waals surface area (Å²) in [6.45, 7) is 1.96. The van der Waals surface area contributed by atoms with Gasteiger partial charge in [0.05, 0.1) is 0 Å². The van der Waals surface area contributed by atoms with Crippen molar-refractivity contribution in [2.24, 2.45) is 0 Å². The van der Waals surface area contributed by atoms with Gasteiger partial charge in [-0.1, -0.05) is 0 Å². The monoisotopic (exact) mass is 169 g/mol. The van der Waals surface area contributed by atoms with Crippen LogP contribution in [0.25, 0.3) is 0 Å². The van der Waals surface area contributed by atoms with Gasteiger partial charge in [-0.15, -0.1) is 12.4 Å². The molecule has 0 amide bonds. The van der Waals surface area contributed by atoms with Crippen LogP contribution in [0.4, 0.5) is 0 Å². The van der Waals surface area contributed by atoms with Gasteiger partial charge >= 0.3 is 44.0 Å². The van der Waals surface area contributed by atoms with Gasteiger partial charge in [-0.2, -0.15) is 0 Å². The Kier molecular flexibility index (Phi) is 3.89. The van der Waals surface area contributed by atoms with E-state index >= 15 is 0 Å². The van der Waals surface area contributed by atoms with Crippen molar-refractivity contribution < 1.29 is 15.6 Å². The molecule has 1 saturated heterocycles. The van der Waals surface area contributed by atoms with E-state index in [9.17, 15) is 0 Å². The molecular weight excluding hydrogens is 163 g/mol. The van der Waals surface area contributed by atoms with Gasteiger partial charge in [-0.3, -0.25) is 0 Å². The van der Waals surface area contributed by atoms with E-state index in [2.05, 4.69) is 10.6 Å². The Hall–Kier alpha value is 0.599. The zero-order chi connectivity index (χ0) is 4.41. The van der Waals surface area contributed by atoms with Gasteiger partial charge in [0.25, 0.3) is 0 Å². The molecule has 2 N–H and O–H groups in total. The van der Waals surface area contributed by atoms with Gasteiger partial charge in [0.15, 0.2) is 0 Å². The van der Waals surface area contributed by atoms with E-state index in [4.69, 9.17) is 15.6 Å². The molecule has 1 aliphatic heterocycles. The van der Waals surface area contributed by atoms with Crippen LogP contribution in [0.15, 0.2) is 0 Å². The summed E-state index contributed by atoms with van der Waals surface area (Å²) in [5.41, 5.74) is 0. The van der Waals surface area contributed by atoms with E-state index < -0.39 is 0 Å². The summed E-state index contributed by atoms with van der Waals surface area (Å²) >= 11 is 4.83. The molecule has 0 bridgehead atoms. The van der Waals surface area contributed by atoms with Crippen LogP contribution in [0.3, 0.4) is 0 Å². The van der Waals surface area contributed by atoms with E-state index in [1.54, 1.807) is 0 Å².